The topological polar surface area (TPSA) is 87.7 Å². The van der Waals surface area contributed by atoms with E-state index < -0.39 is 6.04 Å². The van der Waals surface area contributed by atoms with Crippen molar-refractivity contribution in [3.63, 3.8) is 0 Å². The second-order valence-electron chi connectivity index (χ2n) is 7.80. The van der Waals surface area contributed by atoms with Crippen LogP contribution in [0, 0.1) is 0 Å². The predicted molar refractivity (Wildman–Crippen MR) is 133 cm³/mol. The third-order valence-electron chi connectivity index (χ3n) is 5.84. The van der Waals surface area contributed by atoms with Crippen LogP contribution in [0.5, 0.6) is 17.2 Å². The molecule has 1 atom stereocenters. The summed E-state index contributed by atoms with van der Waals surface area (Å²) in [5.41, 5.74) is 4.29. The number of hydrogen-bond donors (Lipinski definition) is 2. The first-order chi connectivity index (χ1) is 16.5. The van der Waals surface area contributed by atoms with Crippen LogP contribution in [-0.2, 0) is 0 Å². The van der Waals surface area contributed by atoms with Crippen molar-refractivity contribution < 1.29 is 19.4 Å². The Balaban J connectivity index is 1.70. The van der Waals surface area contributed by atoms with Crippen molar-refractivity contribution in [1.29, 1.82) is 0 Å². The van der Waals surface area contributed by atoms with Gasteiger partial charge in [-0.05, 0) is 73.2 Å². The molecule has 0 spiro atoms. The fourth-order valence-corrected chi connectivity index (χ4v) is 4.54. The molecule has 1 aliphatic heterocycles. The van der Waals surface area contributed by atoms with Crippen molar-refractivity contribution in [2.24, 2.45) is 0 Å². The van der Waals surface area contributed by atoms with E-state index in [0.29, 0.717) is 23.7 Å². The average molecular weight is 520 g/mol. The van der Waals surface area contributed by atoms with Crippen LogP contribution in [0.15, 0.2) is 71.2 Å². The van der Waals surface area contributed by atoms with Crippen molar-refractivity contribution in [2.75, 3.05) is 18.6 Å². The maximum absolute atomic E-state index is 13.6. The molecule has 0 bridgehead atoms. The van der Waals surface area contributed by atoms with E-state index in [1.165, 1.54) is 0 Å². The van der Waals surface area contributed by atoms with Crippen molar-refractivity contribution in [1.82, 2.24) is 10.2 Å². The van der Waals surface area contributed by atoms with Gasteiger partial charge in [-0.1, -0.05) is 22.0 Å². The van der Waals surface area contributed by atoms with Gasteiger partial charge >= 0.3 is 0 Å². The van der Waals surface area contributed by atoms with Crippen LogP contribution in [0.2, 0.25) is 0 Å². The predicted octanol–water partition coefficient (Wildman–Crippen LogP) is 5.70. The lowest BCUT2D eigenvalue weighted by atomic mass is 9.95. The van der Waals surface area contributed by atoms with Gasteiger partial charge in [0.15, 0.2) is 11.5 Å². The lowest BCUT2D eigenvalue weighted by molar-refractivity contribution is 0.0988. The molecule has 7 nitrogen and oxygen atoms in total. The van der Waals surface area contributed by atoms with Gasteiger partial charge in [-0.3, -0.25) is 14.8 Å². The highest BCUT2D eigenvalue weighted by molar-refractivity contribution is 9.10. The minimum atomic E-state index is -0.473. The normalized spacial score (nSPS) is 14.9. The molecular weight excluding hydrogens is 498 g/mol. The van der Waals surface area contributed by atoms with Crippen molar-refractivity contribution in [3.8, 4) is 28.5 Å². The van der Waals surface area contributed by atoms with E-state index in [1.807, 2.05) is 61.5 Å². The number of phenolic OH excluding ortho intramolecular Hbond substituents is 1. The number of ether oxygens (including phenoxy) is 2. The number of carbonyl (C=O) groups is 1. The molecule has 0 saturated heterocycles. The Hall–Kier alpha value is -3.78. The number of aromatic amines is 1. The summed E-state index contributed by atoms with van der Waals surface area (Å²) in [5, 5.41) is 17.7. The number of aromatic hydroxyl groups is 1. The number of anilines is 1. The quantitative estimate of drug-likeness (QED) is 0.341. The first-order valence-electron chi connectivity index (χ1n) is 10.8. The molecule has 0 saturated carbocycles. The summed E-state index contributed by atoms with van der Waals surface area (Å²) in [5.74, 6) is 0.972. The lowest BCUT2D eigenvalue weighted by Gasteiger charge is -2.27. The molecular formula is C26H22BrN3O4. The summed E-state index contributed by atoms with van der Waals surface area (Å²) < 4.78 is 11.8. The number of phenols is 1. The molecule has 8 heteroatoms. The van der Waals surface area contributed by atoms with Gasteiger partial charge in [-0.15, -0.1) is 0 Å². The van der Waals surface area contributed by atoms with Crippen LogP contribution >= 0.6 is 15.9 Å². The first kappa shape index (κ1) is 22.0. The van der Waals surface area contributed by atoms with E-state index in [2.05, 4.69) is 26.1 Å². The van der Waals surface area contributed by atoms with Crippen LogP contribution in [-0.4, -0.2) is 34.9 Å². The zero-order chi connectivity index (χ0) is 23.8. The van der Waals surface area contributed by atoms with Gasteiger partial charge in [0.2, 0.25) is 0 Å². The molecule has 34 heavy (non-hydrogen) atoms. The highest BCUT2D eigenvalue weighted by Gasteiger charge is 2.43. The summed E-state index contributed by atoms with van der Waals surface area (Å²) in [6.07, 6.45) is 0. The van der Waals surface area contributed by atoms with Crippen molar-refractivity contribution in [2.45, 2.75) is 13.0 Å². The van der Waals surface area contributed by atoms with Gasteiger partial charge in [0.25, 0.3) is 5.91 Å². The Morgan fingerprint density at radius 2 is 1.82 bits per heavy atom. The average Bonchev–Trinajstić information content (AvgIpc) is 3.40. The fraction of sp³-hybridized carbons (Fsp3) is 0.154. The summed E-state index contributed by atoms with van der Waals surface area (Å²) >= 11 is 3.46. The van der Waals surface area contributed by atoms with Crippen LogP contribution < -0.4 is 14.4 Å². The molecule has 1 amide bonds. The fourth-order valence-electron chi connectivity index (χ4n) is 4.27. The lowest BCUT2D eigenvalue weighted by Crippen LogP contribution is -2.29. The molecule has 2 heterocycles. The minimum absolute atomic E-state index is 0.0490. The second kappa shape index (κ2) is 8.87. The van der Waals surface area contributed by atoms with E-state index in [1.54, 1.807) is 24.1 Å². The molecule has 5 rings (SSSR count). The Bertz CT molecular complexity index is 1350. The van der Waals surface area contributed by atoms with Gasteiger partial charge in [-0.25, -0.2) is 0 Å². The number of amides is 1. The second-order valence-corrected chi connectivity index (χ2v) is 8.72. The highest BCUT2D eigenvalue weighted by Crippen LogP contribution is 2.46. The summed E-state index contributed by atoms with van der Waals surface area (Å²) in [6, 6.07) is 19.9. The molecule has 0 aliphatic carbocycles. The molecule has 2 N–H and O–H groups in total. The number of H-pyrrole nitrogens is 1. The number of rotatable bonds is 6. The summed E-state index contributed by atoms with van der Waals surface area (Å²) in [6.45, 7) is 2.26. The van der Waals surface area contributed by atoms with Crippen LogP contribution in [0.1, 0.15) is 34.6 Å². The van der Waals surface area contributed by atoms with Gasteiger partial charge in [0.05, 0.1) is 25.5 Å². The number of halogens is 1. The molecule has 0 fully saturated rings. The zero-order valence-corrected chi connectivity index (χ0v) is 20.2. The molecule has 1 aliphatic rings. The SMILES string of the molecule is CCOc1cc([C@@H]2c3c(-c4ccc(OC)cc4)n[nH]c3C(=O)N2c2ccc(Br)cc2)ccc1O. The van der Waals surface area contributed by atoms with Crippen molar-refractivity contribution in [3.05, 3.63) is 88.0 Å². The summed E-state index contributed by atoms with van der Waals surface area (Å²) in [7, 11) is 1.62. The number of carbonyl (C=O) groups excluding carboxylic acids is 1. The minimum Gasteiger partial charge on any atom is -0.504 e. The Morgan fingerprint density at radius 3 is 2.50 bits per heavy atom. The third-order valence-corrected chi connectivity index (χ3v) is 6.36. The van der Waals surface area contributed by atoms with Crippen molar-refractivity contribution >= 4 is 27.5 Å². The molecule has 4 aromatic rings. The van der Waals surface area contributed by atoms with Gasteiger partial charge in [0.1, 0.15) is 11.4 Å². The van der Waals surface area contributed by atoms with Crippen LogP contribution in [0.4, 0.5) is 5.69 Å². The maximum atomic E-state index is 13.6. The van der Waals surface area contributed by atoms with E-state index in [4.69, 9.17) is 9.47 Å². The first-order valence-corrected chi connectivity index (χ1v) is 11.6. The van der Waals surface area contributed by atoms with E-state index in [0.717, 1.165) is 32.6 Å². The van der Waals surface area contributed by atoms with Gasteiger partial charge in [-0.2, -0.15) is 5.10 Å². The largest absolute Gasteiger partial charge is 0.504 e. The highest BCUT2D eigenvalue weighted by atomic mass is 79.9. The maximum Gasteiger partial charge on any atom is 0.277 e. The molecule has 3 aromatic carbocycles. The van der Waals surface area contributed by atoms with Gasteiger partial charge in [0, 0.05) is 21.3 Å². The van der Waals surface area contributed by atoms with E-state index in [-0.39, 0.29) is 11.7 Å². The van der Waals surface area contributed by atoms with Gasteiger partial charge < -0.3 is 14.6 Å². The number of nitrogens with one attached hydrogen (secondary N) is 1. The molecule has 0 radical (unpaired) electrons. The number of methoxy groups -OCH3 is 1. The van der Waals surface area contributed by atoms with Crippen LogP contribution in [0.25, 0.3) is 11.3 Å². The van der Waals surface area contributed by atoms with Crippen LogP contribution in [0.3, 0.4) is 0 Å². The smallest absolute Gasteiger partial charge is 0.277 e. The number of hydrogen-bond acceptors (Lipinski definition) is 5. The number of fused-ring (bicyclic) bond motifs is 1. The molecule has 0 unspecified atom stereocenters. The zero-order valence-electron chi connectivity index (χ0n) is 18.6. The number of benzene rings is 3. The molecule has 172 valence electrons. The third kappa shape index (κ3) is 3.70. The monoisotopic (exact) mass is 519 g/mol. The molecule has 1 aromatic heterocycles. The number of nitrogens with zero attached hydrogens (tertiary/aromatic N) is 2. The Morgan fingerprint density at radius 1 is 1.09 bits per heavy atom. The standard InChI is InChI=1S/C26H22BrN3O4/c1-3-34-21-14-16(6-13-20(21)31)25-22-23(15-4-11-19(33-2)12-5-15)28-29-24(22)26(32)30(25)18-9-7-17(27)8-10-18/h4-14,25,31H,3H2,1-2H3,(H,28,29)/t25-/m1/s1. The van der Waals surface area contributed by atoms with E-state index >= 15 is 0 Å². The van der Waals surface area contributed by atoms with E-state index in [9.17, 15) is 9.90 Å². The number of aromatic nitrogens is 2. The Kier molecular flexibility index (Phi) is 5.75. The Labute approximate surface area is 205 Å². The summed E-state index contributed by atoms with van der Waals surface area (Å²) in [4.78, 5) is 15.4.